The molecule has 1 amide bonds. The number of para-hydroxylation sites is 3. The largest absolute Gasteiger partial charge is 0.305 e. The second kappa shape index (κ2) is 8.53. The van der Waals surface area contributed by atoms with Gasteiger partial charge >= 0.3 is 0 Å². The summed E-state index contributed by atoms with van der Waals surface area (Å²) in [6.45, 7) is 0. The summed E-state index contributed by atoms with van der Waals surface area (Å²) in [6, 6.07) is 25.8. The lowest BCUT2D eigenvalue weighted by Crippen LogP contribution is -2.34. The van der Waals surface area contributed by atoms with Gasteiger partial charge in [0.05, 0.1) is 22.5 Å². The third-order valence-corrected chi connectivity index (χ3v) is 6.21. The number of fused-ring (bicyclic) bond motifs is 1. The predicted molar refractivity (Wildman–Crippen MR) is 127 cm³/mol. The predicted octanol–water partition coefficient (Wildman–Crippen LogP) is 5.32. The van der Waals surface area contributed by atoms with Gasteiger partial charge in [-0.25, -0.2) is 8.51 Å². The van der Waals surface area contributed by atoms with E-state index in [1.165, 1.54) is 4.31 Å². The van der Waals surface area contributed by atoms with Gasteiger partial charge in [0.25, 0.3) is 17.2 Å². The van der Waals surface area contributed by atoms with E-state index in [4.69, 9.17) is 0 Å². The van der Waals surface area contributed by atoms with E-state index in [9.17, 15) is 13.6 Å². The molecule has 7 heteroatoms. The van der Waals surface area contributed by atoms with Crippen LogP contribution in [-0.4, -0.2) is 25.7 Å². The van der Waals surface area contributed by atoms with E-state index in [-0.39, 0.29) is 11.9 Å². The minimum Gasteiger partial charge on any atom is -0.305 e. The molecule has 1 aliphatic carbocycles. The number of rotatable bonds is 6. The zero-order chi connectivity index (χ0) is 22.1. The zero-order valence-electron chi connectivity index (χ0n) is 17.2. The second-order valence-corrected chi connectivity index (χ2v) is 8.46. The number of pyridine rings is 1. The van der Waals surface area contributed by atoms with Gasteiger partial charge in [0.1, 0.15) is 0 Å². The average molecular weight is 444 g/mol. The Morgan fingerprint density at radius 3 is 2.31 bits per heavy atom. The number of hydrogen-bond donors (Lipinski definition) is 1. The Labute approximate surface area is 188 Å². The van der Waals surface area contributed by atoms with Crippen molar-refractivity contribution >= 4 is 45.1 Å². The third-order valence-electron chi connectivity index (χ3n) is 5.50. The van der Waals surface area contributed by atoms with Crippen LogP contribution in [0.2, 0.25) is 0 Å². The lowest BCUT2D eigenvalue weighted by molar-refractivity contribution is 0.0986. The van der Waals surface area contributed by atoms with Gasteiger partial charge in [0, 0.05) is 23.3 Å². The first-order valence-electron chi connectivity index (χ1n) is 10.4. The number of carbonyl (C=O) groups is 1. The molecule has 3 aromatic carbocycles. The molecule has 0 radical (unpaired) electrons. The standard InChI is InChI=1S/C25H21N3O3S/c29-25(27(20-15-16-20)19-10-2-1-3-11-19)21-12-4-5-13-22(21)28(32(30)31)23-14-6-8-18-9-7-17-26-24(18)23/h1-14,17,20H,15-16H2,(H,30,31). The molecule has 1 atom stereocenters. The first-order chi connectivity index (χ1) is 15.6. The number of hydrogen-bond acceptors (Lipinski definition) is 3. The van der Waals surface area contributed by atoms with Crippen molar-refractivity contribution in [2.24, 2.45) is 0 Å². The topological polar surface area (TPSA) is 73.7 Å². The summed E-state index contributed by atoms with van der Waals surface area (Å²) in [7, 11) is 0. The second-order valence-electron chi connectivity index (χ2n) is 7.64. The first-order valence-corrected chi connectivity index (χ1v) is 11.4. The molecule has 1 heterocycles. The van der Waals surface area contributed by atoms with Crippen LogP contribution in [0.4, 0.5) is 17.1 Å². The summed E-state index contributed by atoms with van der Waals surface area (Å²) in [5, 5.41) is 0.841. The average Bonchev–Trinajstić information content (AvgIpc) is 3.65. The molecule has 32 heavy (non-hydrogen) atoms. The van der Waals surface area contributed by atoms with Gasteiger partial charge in [-0.3, -0.25) is 14.3 Å². The Bertz CT molecular complexity index is 1300. The molecule has 0 bridgehead atoms. The number of carbonyl (C=O) groups excluding carboxylic acids is 1. The lowest BCUT2D eigenvalue weighted by Gasteiger charge is -2.27. The maximum Gasteiger partial charge on any atom is 0.266 e. The number of aromatic nitrogens is 1. The molecule has 0 aliphatic heterocycles. The van der Waals surface area contributed by atoms with E-state index < -0.39 is 11.3 Å². The van der Waals surface area contributed by atoms with E-state index in [2.05, 4.69) is 4.98 Å². The molecular weight excluding hydrogens is 422 g/mol. The third kappa shape index (κ3) is 3.77. The van der Waals surface area contributed by atoms with Gasteiger partial charge < -0.3 is 4.90 Å². The molecule has 1 N–H and O–H groups in total. The maximum absolute atomic E-state index is 13.8. The molecule has 6 nitrogen and oxygen atoms in total. The number of nitrogens with zero attached hydrogens (tertiary/aromatic N) is 3. The van der Waals surface area contributed by atoms with Gasteiger partial charge in [0.15, 0.2) is 0 Å². The van der Waals surface area contributed by atoms with Crippen LogP contribution in [0, 0.1) is 0 Å². The van der Waals surface area contributed by atoms with Crippen LogP contribution in [0.25, 0.3) is 10.9 Å². The van der Waals surface area contributed by atoms with Crippen molar-refractivity contribution in [1.29, 1.82) is 0 Å². The molecule has 4 aromatic rings. The van der Waals surface area contributed by atoms with E-state index in [1.54, 1.807) is 41.4 Å². The lowest BCUT2D eigenvalue weighted by atomic mass is 10.1. The SMILES string of the molecule is O=C(c1ccccc1N(c1cccc2cccnc12)S(=O)O)N(c1ccccc1)C1CC1. The molecule has 1 saturated carbocycles. The normalized spacial score (nSPS) is 14.2. The molecule has 1 aromatic heterocycles. The highest BCUT2D eigenvalue weighted by Crippen LogP contribution is 2.38. The summed E-state index contributed by atoms with van der Waals surface area (Å²) in [5.74, 6) is -0.196. The number of amides is 1. The Morgan fingerprint density at radius 1 is 0.875 bits per heavy atom. The highest BCUT2D eigenvalue weighted by Gasteiger charge is 2.36. The van der Waals surface area contributed by atoms with Crippen molar-refractivity contribution in [3.05, 3.63) is 96.7 Å². The van der Waals surface area contributed by atoms with Crippen molar-refractivity contribution in [1.82, 2.24) is 4.98 Å². The van der Waals surface area contributed by atoms with Gasteiger partial charge in [-0.05, 0) is 49.2 Å². The fourth-order valence-electron chi connectivity index (χ4n) is 3.93. The van der Waals surface area contributed by atoms with Gasteiger partial charge in [-0.2, -0.15) is 0 Å². The summed E-state index contributed by atoms with van der Waals surface area (Å²) in [6.07, 6.45) is 3.52. The number of anilines is 3. The first kappa shape index (κ1) is 20.4. The van der Waals surface area contributed by atoms with Crippen LogP contribution in [0.15, 0.2) is 91.1 Å². The Hall–Kier alpha value is -3.55. The fourth-order valence-corrected chi connectivity index (χ4v) is 4.57. The quantitative estimate of drug-likeness (QED) is 0.410. The van der Waals surface area contributed by atoms with Crippen molar-refractivity contribution in [2.45, 2.75) is 18.9 Å². The van der Waals surface area contributed by atoms with Crippen molar-refractivity contribution in [3.63, 3.8) is 0 Å². The summed E-state index contributed by atoms with van der Waals surface area (Å²) < 4.78 is 24.2. The van der Waals surface area contributed by atoms with Gasteiger partial charge in [-0.15, -0.1) is 0 Å². The van der Waals surface area contributed by atoms with Gasteiger partial charge in [-0.1, -0.05) is 48.5 Å². The highest BCUT2D eigenvalue weighted by molar-refractivity contribution is 7.81. The van der Waals surface area contributed by atoms with Crippen molar-refractivity contribution in [3.8, 4) is 0 Å². The van der Waals surface area contributed by atoms with Crippen molar-refractivity contribution in [2.75, 3.05) is 9.21 Å². The van der Waals surface area contributed by atoms with Crippen LogP contribution in [0.3, 0.4) is 0 Å². The Morgan fingerprint density at radius 2 is 1.56 bits per heavy atom. The van der Waals surface area contributed by atoms with Crippen LogP contribution < -0.4 is 9.21 Å². The van der Waals surface area contributed by atoms with Crippen molar-refractivity contribution < 1.29 is 13.6 Å². The monoisotopic (exact) mass is 443 g/mol. The number of benzene rings is 3. The summed E-state index contributed by atoms with van der Waals surface area (Å²) in [5.41, 5.74) is 2.58. The molecule has 1 unspecified atom stereocenters. The van der Waals surface area contributed by atoms with Gasteiger partial charge in [0.2, 0.25) is 0 Å². The molecule has 0 saturated heterocycles. The minimum absolute atomic E-state index is 0.130. The minimum atomic E-state index is -2.42. The van der Waals surface area contributed by atoms with Crippen LogP contribution >= 0.6 is 0 Å². The Kier molecular flexibility index (Phi) is 5.43. The fraction of sp³-hybridized carbons (Fsp3) is 0.120. The molecular formula is C25H21N3O3S. The van der Waals surface area contributed by atoms with Crippen LogP contribution in [-0.2, 0) is 11.3 Å². The summed E-state index contributed by atoms with van der Waals surface area (Å²) in [4.78, 5) is 20.0. The maximum atomic E-state index is 13.8. The van der Waals surface area contributed by atoms with E-state index >= 15 is 0 Å². The molecule has 1 aliphatic rings. The van der Waals surface area contributed by atoms with Crippen LogP contribution in [0.1, 0.15) is 23.2 Å². The molecule has 160 valence electrons. The smallest absolute Gasteiger partial charge is 0.266 e. The van der Waals surface area contributed by atoms with Crippen LogP contribution in [0.5, 0.6) is 0 Å². The highest BCUT2D eigenvalue weighted by atomic mass is 32.2. The Balaban J connectivity index is 1.64. The molecule has 1 fully saturated rings. The van der Waals surface area contributed by atoms with E-state index in [1.807, 2.05) is 54.6 Å². The van der Waals surface area contributed by atoms with E-state index in [0.717, 1.165) is 23.9 Å². The molecule has 5 rings (SSSR count). The molecule has 0 spiro atoms. The van der Waals surface area contributed by atoms with E-state index in [0.29, 0.717) is 22.5 Å². The summed E-state index contributed by atoms with van der Waals surface area (Å²) >= 11 is -2.42. The zero-order valence-corrected chi connectivity index (χ0v) is 18.0.